The summed E-state index contributed by atoms with van der Waals surface area (Å²) in [6, 6.07) is 15.4. The second-order valence-corrected chi connectivity index (χ2v) is 10.8. The van der Waals surface area contributed by atoms with Gasteiger partial charge in [-0.05, 0) is 53.6 Å². The molecule has 0 bridgehead atoms. The summed E-state index contributed by atoms with van der Waals surface area (Å²) >= 11 is 0. The highest BCUT2D eigenvalue weighted by atomic mass is 16.6. The van der Waals surface area contributed by atoms with Crippen molar-refractivity contribution in [2.75, 3.05) is 26.4 Å². The number of rotatable bonds is 9. The van der Waals surface area contributed by atoms with Gasteiger partial charge in [0.05, 0.1) is 13.2 Å². The van der Waals surface area contributed by atoms with Gasteiger partial charge in [-0.15, -0.1) is 0 Å². The molecule has 0 amide bonds. The van der Waals surface area contributed by atoms with Gasteiger partial charge in [0.15, 0.2) is 0 Å². The lowest BCUT2D eigenvalue weighted by molar-refractivity contribution is 0.258. The predicted molar refractivity (Wildman–Crippen MR) is 142 cm³/mol. The molecule has 4 aliphatic rings. The van der Waals surface area contributed by atoms with E-state index in [4.69, 9.17) is 18.9 Å². The minimum absolute atomic E-state index is 0.281. The molecule has 2 aliphatic carbocycles. The number of benzene rings is 2. The first-order valence-corrected chi connectivity index (χ1v) is 13.9. The summed E-state index contributed by atoms with van der Waals surface area (Å²) in [4.78, 5) is 0. The summed E-state index contributed by atoms with van der Waals surface area (Å²) in [6.07, 6.45) is 19.2. The van der Waals surface area contributed by atoms with Crippen LogP contribution in [0.5, 0.6) is 11.5 Å². The van der Waals surface area contributed by atoms with Crippen molar-refractivity contribution in [3.8, 4) is 11.5 Å². The van der Waals surface area contributed by atoms with E-state index in [1.54, 1.807) is 0 Å². The second kappa shape index (κ2) is 11.2. The number of hydrogen-bond acceptors (Lipinski definition) is 4. The molecule has 2 unspecified atom stereocenters. The fraction of sp³-hybridized carbons (Fsp3) is 0.500. The first kappa shape index (κ1) is 23.8. The molecule has 6 rings (SSSR count). The summed E-state index contributed by atoms with van der Waals surface area (Å²) in [5.41, 5.74) is 4.06. The molecule has 0 spiro atoms. The molecule has 4 heteroatoms. The Balaban J connectivity index is 1.15. The van der Waals surface area contributed by atoms with Gasteiger partial charge in [0.2, 0.25) is 0 Å². The molecule has 2 saturated heterocycles. The van der Waals surface area contributed by atoms with Crippen molar-refractivity contribution < 1.29 is 18.9 Å². The Morgan fingerprint density at radius 1 is 0.639 bits per heavy atom. The molecule has 2 aliphatic heterocycles. The molecular weight excluding hydrogens is 448 g/mol. The van der Waals surface area contributed by atoms with Crippen LogP contribution in [0.1, 0.15) is 79.4 Å². The third-order valence-electron chi connectivity index (χ3n) is 7.95. The van der Waals surface area contributed by atoms with Gasteiger partial charge < -0.3 is 18.9 Å². The smallest absolute Gasteiger partial charge is 0.122 e. The van der Waals surface area contributed by atoms with Crippen LogP contribution in [-0.4, -0.2) is 38.6 Å². The van der Waals surface area contributed by atoms with Crippen LogP contribution < -0.4 is 9.47 Å². The normalized spacial score (nSPS) is 27.8. The second-order valence-electron chi connectivity index (χ2n) is 10.8. The Morgan fingerprint density at radius 2 is 1.19 bits per heavy atom. The van der Waals surface area contributed by atoms with Gasteiger partial charge in [-0.1, -0.05) is 80.7 Å². The standard InChI is InChI=1S/C32H38O4/c1-2-4-6-26(7-5-3-1)31-18-27(14-17-32(31)36-22-30-21-35-30)25-10-8-23(9-11-25)24-12-15-28(16-13-24)33-19-29-20-34-29/h8-18,23,25-26,29-30H,1-7,19-22H2. The summed E-state index contributed by atoms with van der Waals surface area (Å²) in [5, 5.41) is 0. The largest absolute Gasteiger partial charge is 0.491 e. The van der Waals surface area contributed by atoms with Crippen LogP contribution in [0, 0.1) is 0 Å². The van der Waals surface area contributed by atoms with Gasteiger partial charge in [-0.25, -0.2) is 0 Å². The van der Waals surface area contributed by atoms with Crippen molar-refractivity contribution >= 4 is 0 Å². The van der Waals surface area contributed by atoms with Gasteiger partial charge in [0.25, 0.3) is 0 Å². The number of allylic oxidation sites excluding steroid dienone is 4. The van der Waals surface area contributed by atoms with E-state index < -0.39 is 0 Å². The number of hydrogen-bond donors (Lipinski definition) is 0. The minimum atomic E-state index is 0.281. The highest BCUT2D eigenvalue weighted by Crippen LogP contribution is 2.39. The Morgan fingerprint density at radius 3 is 1.83 bits per heavy atom. The van der Waals surface area contributed by atoms with E-state index >= 15 is 0 Å². The van der Waals surface area contributed by atoms with Crippen LogP contribution in [0.15, 0.2) is 66.8 Å². The average molecular weight is 487 g/mol. The lowest BCUT2D eigenvalue weighted by atomic mass is 9.82. The van der Waals surface area contributed by atoms with Crippen LogP contribution in [-0.2, 0) is 9.47 Å². The van der Waals surface area contributed by atoms with E-state index in [2.05, 4.69) is 66.8 Å². The molecule has 1 saturated carbocycles. The number of ether oxygens (including phenoxy) is 4. The molecule has 2 aromatic rings. The average Bonchev–Trinajstić information content (AvgIpc) is 3.82. The van der Waals surface area contributed by atoms with E-state index in [9.17, 15) is 0 Å². The van der Waals surface area contributed by atoms with Gasteiger partial charge in [0.1, 0.15) is 36.9 Å². The predicted octanol–water partition coefficient (Wildman–Crippen LogP) is 7.06. The fourth-order valence-electron chi connectivity index (χ4n) is 5.53. The molecular formula is C32H38O4. The van der Waals surface area contributed by atoms with E-state index in [0.29, 0.717) is 31.0 Å². The third-order valence-corrected chi connectivity index (χ3v) is 7.95. The van der Waals surface area contributed by atoms with Gasteiger partial charge in [-0.3, -0.25) is 0 Å². The highest BCUT2D eigenvalue weighted by molar-refractivity contribution is 5.45. The zero-order valence-corrected chi connectivity index (χ0v) is 21.1. The Hall–Kier alpha value is -2.56. The maximum atomic E-state index is 6.27. The first-order chi connectivity index (χ1) is 17.8. The highest BCUT2D eigenvalue weighted by Gasteiger charge is 2.26. The van der Waals surface area contributed by atoms with E-state index in [1.807, 2.05) is 0 Å². The first-order valence-electron chi connectivity index (χ1n) is 13.9. The van der Waals surface area contributed by atoms with Crippen LogP contribution in [0.4, 0.5) is 0 Å². The topological polar surface area (TPSA) is 43.5 Å². The lowest BCUT2D eigenvalue weighted by Gasteiger charge is -2.25. The van der Waals surface area contributed by atoms with Crippen LogP contribution in [0.3, 0.4) is 0 Å². The summed E-state index contributed by atoms with van der Waals surface area (Å²) in [5.74, 6) is 3.17. The van der Waals surface area contributed by atoms with Crippen LogP contribution in [0.25, 0.3) is 0 Å². The maximum absolute atomic E-state index is 6.27. The molecule has 2 atom stereocenters. The van der Waals surface area contributed by atoms with Gasteiger partial charge in [0, 0.05) is 11.8 Å². The van der Waals surface area contributed by atoms with Crippen molar-refractivity contribution in [2.45, 2.75) is 74.9 Å². The number of epoxide rings is 2. The van der Waals surface area contributed by atoms with Crippen molar-refractivity contribution in [1.29, 1.82) is 0 Å². The van der Waals surface area contributed by atoms with Crippen LogP contribution >= 0.6 is 0 Å². The molecule has 2 aromatic carbocycles. The molecule has 0 aromatic heterocycles. The van der Waals surface area contributed by atoms with Crippen molar-refractivity contribution in [3.63, 3.8) is 0 Å². The lowest BCUT2D eigenvalue weighted by Crippen LogP contribution is -2.10. The quantitative estimate of drug-likeness (QED) is 0.281. The summed E-state index contributed by atoms with van der Waals surface area (Å²) in [6.45, 7) is 2.97. The molecule has 3 fully saturated rings. The Labute approximate surface area is 215 Å². The molecule has 190 valence electrons. The maximum Gasteiger partial charge on any atom is 0.122 e. The molecule has 2 heterocycles. The monoisotopic (exact) mass is 486 g/mol. The van der Waals surface area contributed by atoms with Crippen molar-refractivity contribution in [1.82, 2.24) is 0 Å². The molecule has 4 nitrogen and oxygen atoms in total. The van der Waals surface area contributed by atoms with E-state index in [0.717, 1.165) is 24.7 Å². The Bertz CT molecular complexity index is 1040. The van der Waals surface area contributed by atoms with Gasteiger partial charge in [-0.2, -0.15) is 0 Å². The summed E-state index contributed by atoms with van der Waals surface area (Å²) < 4.78 is 22.7. The minimum Gasteiger partial charge on any atom is -0.491 e. The van der Waals surface area contributed by atoms with Crippen molar-refractivity contribution in [2.24, 2.45) is 0 Å². The molecule has 0 radical (unpaired) electrons. The van der Waals surface area contributed by atoms with E-state index in [1.165, 1.54) is 61.6 Å². The zero-order valence-electron chi connectivity index (χ0n) is 21.1. The molecule has 36 heavy (non-hydrogen) atoms. The van der Waals surface area contributed by atoms with E-state index in [-0.39, 0.29) is 12.2 Å². The fourth-order valence-corrected chi connectivity index (χ4v) is 5.53. The Kier molecular flexibility index (Phi) is 7.43. The zero-order chi connectivity index (χ0) is 24.2. The van der Waals surface area contributed by atoms with Crippen molar-refractivity contribution in [3.05, 3.63) is 83.5 Å². The third kappa shape index (κ3) is 6.22. The van der Waals surface area contributed by atoms with Crippen LogP contribution in [0.2, 0.25) is 0 Å². The summed E-state index contributed by atoms with van der Waals surface area (Å²) in [7, 11) is 0. The van der Waals surface area contributed by atoms with Gasteiger partial charge >= 0.3 is 0 Å². The molecule has 0 N–H and O–H groups in total. The SMILES string of the molecule is C1=CC(c2ccc(OCC3CO3)c(C3CCCCCCC3)c2)C=CC1c1ccc(OCC2CO2)cc1.